The number of rotatable bonds is 8. The zero-order valence-electron chi connectivity index (χ0n) is 16.0. The van der Waals surface area contributed by atoms with Crippen LogP contribution in [0.1, 0.15) is 70.2 Å². The molecule has 1 aliphatic carbocycles. The second-order valence-electron chi connectivity index (χ2n) is 7.01. The monoisotopic (exact) mass is 372 g/mol. The van der Waals surface area contributed by atoms with Gasteiger partial charge in [0.2, 0.25) is 5.91 Å². The van der Waals surface area contributed by atoms with E-state index < -0.39 is 0 Å². The minimum absolute atomic E-state index is 0.00405. The molecule has 1 amide bonds. The Bertz CT molecular complexity index is 769. The summed E-state index contributed by atoms with van der Waals surface area (Å²) in [5, 5.41) is 12.4. The van der Waals surface area contributed by atoms with Gasteiger partial charge in [-0.05, 0) is 50.7 Å². The highest BCUT2D eigenvalue weighted by Gasteiger charge is 2.30. The van der Waals surface area contributed by atoms with E-state index in [4.69, 9.17) is 0 Å². The lowest BCUT2D eigenvalue weighted by Crippen LogP contribution is -2.23. The second kappa shape index (κ2) is 8.25. The van der Waals surface area contributed by atoms with Gasteiger partial charge in [-0.15, -0.1) is 10.2 Å². The van der Waals surface area contributed by atoms with Gasteiger partial charge in [-0.25, -0.2) is 0 Å². The standard InChI is InChI=1S/C20H28N4OS/c1-5-13(3)16-9-7-8-10-17(16)21-19(25)14(4)26-20-23-22-18(15-11-12-15)24(20)6-2/h7-10,13-15H,5-6,11-12H2,1-4H3,(H,21,25)/t13-,14+/m0/s1. The summed E-state index contributed by atoms with van der Waals surface area (Å²) in [5.41, 5.74) is 2.10. The van der Waals surface area contributed by atoms with Crippen LogP contribution in [0.25, 0.3) is 0 Å². The predicted octanol–water partition coefficient (Wildman–Crippen LogP) is 4.81. The molecule has 2 aromatic rings. The molecule has 0 radical (unpaired) electrons. The molecule has 0 saturated heterocycles. The Balaban J connectivity index is 1.69. The van der Waals surface area contributed by atoms with E-state index in [9.17, 15) is 4.79 Å². The average molecular weight is 373 g/mol. The number of nitrogens with one attached hydrogen (secondary N) is 1. The lowest BCUT2D eigenvalue weighted by Gasteiger charge is -2.17. The Hall–Kier alpha value is -1.82. The molecule has 1 aromatic carbocycles. The van der Waals surface area contributed by atoms with Crippen molar-refractivity contribution in [3.63, 3.8) is 0 Å². The Morgan fingerprint density at radius 1 is 1.27 bits per heavy atom. The molecule has 0 aliphatic heterocycles. The number of nitrogens with zero attached hydrogens (tertiary/aromatic N) is 3. The number of aromatic nitrogens is 3. The topological polar surface area (TPSA) is 59.8 Å². The van der Waals surface area contributed by atoms with E-state index in [0.717, 1.165) is 29.6 Å². The van der Waals surface area contributed by atoms with Crippen LogP contribution in [0, 0.1) is 0 Å². The Morgan fingerprint density at radius 2 is 2.00 bits per heavy atom. The number of hydrogen-bond donors (Lipinski definition) is 1. The van der Waals surface area contributed by atoms with Gasteiger partial charge < -0.3 is 9.88 Å². The van der Waals surface area contributed by atoms with E-state index in [1.807, 2.05) is 25.1 Å². The van der Waals surface area contributed by atoms with Gasteiger partial charge in [-0.3, -0.25) is 4.79 Å². The van der Waals surface area contributed by atoms with Crippen molar-refractivity contribution in [2.24, 2.45) is 0 Å². The van der Waals surface area contributed by atoms with Gasteiger partial charge in [0.25, 0.3) is 0 Å². The molecule has 2 atom stereocenters. The summed E-state index contributed by atoms with van der Waals surface area (Å²) in [6.07, 6.45) is 3.44. The molecule has 6 heteroatoms. The predicted molar refractivity (Wildman–Crippen MR) is 107 cm³/mol. The first-order chi connectivity index (χ1) is 12.5. The van der Waals surface area contributed by atoms with Crippen molar-refractivity contribution in [2.75, 3.05) is 5.32 Å². The SMILES string of the molecule is CC[C@H](C)c1ccccc1NC(=O)[C@@H](C)Sc1nnc(C2CC2)n1CC. The van der Waals surface area contributed by atoms with Gasteiger partial charge in [0.1, 0.15) is 5.82 Å². The molecule has 26 heavy (non-hydrogen) atoms. The lowest BCUT2D eigenvalue weighted by molar-refractivity contribution is -0.115. The summed E-state index contributed by atoms with van der Waals surface area (Å²) in [5.74, 6) is 2.05. The number of anilines is 1. The molecule has 0 unspecified atom stereocenters. The molecule has 0 spiro atoms. The molecule has 1 N–H and O–H groups in total. The van der Waals surface area contributed by atoms with Crippen LogP contribution in [0.3, 0.4) is 0 Å². The first-order valence-corrected chi connectivity index (χ1v) is 10.4. The fourth-order valence-corrected chi connectivity index (χ4v) is 3.95. The molecule has 140 valence electrons. The zero-order chi connectivity index (χ0) is 18.7. The number of benzene rings is 1. The van der Waals surface area contributed by atoms with E-state index in [0.29, 0.717) is 11.8 Å². The molecule has 1 heterocycles. The van der Waals surface area contributed by atoms with Crippen LogP contribution < -0.4 is 5.32 Å². The van der Waals surface area contributed by atoms with Crippen molar-refractivity contribution in [3.8, 4) is 0 Å². The maximum atomic E-state index is 12.7. The van der Waals surface area contributed by atoms with Crippen LogP contribution in [0.5, 0.6) is 0 Å². The molecule has 1 aromatic heterocycles. The van der Waals surface area contributed by atoms with E-state index >= 15 is 0 Å². The smallest absolute Gasteiger partial charge is 0.237 e. The Kier molecular flexibility index (Phi) is 6.01. The summed E-state index contributed by atoms with van der Waals surface area (Å²) in [6, 6.07) is 8.07. The first kappa shape index (κ1) is 19.0. The van der Waals surface area contributed by atoms with Crippen LogP contribution in [0.2, 0.25) is 0 Å². The molecular weight excluding hydrogens is 344 g/mol. The summed E-state index contributed by atoms with van der Waals surface area (Å²) in [4.78, 5) is 12.7. The van der Waals surface area contributed by atoms with Crippen molar-refractivity contribution in [2.45, 2.75) is 75.7 Å². The third kappa shape index (κ3) is 4.11. The molecule has 1 aliphatic rings. The zero-order valence-corrected chi connectivity index (χ0v) is 16.8. The summed E-state index contributed by atoms with van der Waals surface area (Å²) in [7, 11) is 0. The van der Waals surface area contributed by atoms with Crippen molar-refractivity contribution in [1.82, 2.24) is 14.8 Å². The fraction of sp³-hybridized carbons (Fsp3) is 0.550. The number of amides is 1. The molecule has 1 saturated carbocycles. The average Bonchev–Trinajstić information content (AvgIpc) is 3.42. The van der Waals surface area contributed by atoms with Crippen molar-refractivity contribution < 1.29 is 4.79 Å². The van der Waals surface area contributed by atoms with Gasteiger partial charge in [0, 0.05) is 18.2 Å². The minimum Gasteiger partial charge on any atom is -0.325 e. The highest BCUT2D eigenvalue weighted by molar-refractivity contribution is 8.00. The van der Waals surface area contributed by atoms with Crippen molar-refractivity contribution in [1.29, 1.82) is 0 Å². The minimum atomic E-state index is -0.235. The number of thioether (sulfide) groups is 1. The van der Waals surface area contributed by atoms with E-state index in [-0.39, 0.29) is 11.2 Å². The number of hydrogen-bond acceptors (Lipinski definition) is 4. The Morgan fingerprint density at radius 3 is 2.65 bits per heavy atom. The normalized spacial score (nSPS) is 16.3. The van der Waals surface area contributed by atoms with Crippen LogP contribution in [0.4, 0.5) is 5.69 Å². The molecule has 1 fully saturated rings. The number of carbonyl (C=O) groups excluding carboxylic acids is 1. The summed E-state index contributed by atoms with van der Waals surface area (Å²) < 4.78 is 2.15. The van der Waals surface area contributed by atoms with E-state index in [1.165, 1.54) is 30.2 Å². The van der Waals surface area contributed by atoms with Crippen LogP contribution in [-0.4, -0.2) is 25.9 Å². The second-order valence-corrected chi connectivity index (χ2v) is 8.31. The van der Waals surface area contributed by atoms with Crippen molar-refractivity contribution >= 4 is 23.4 Å². The molecule has 0 bridgehead atoms. The third-order valence-electron chi connectivity index (χ3n) is 5.02. The molecule has 5 nitrogen and oxygen atoms in total. The lowest BCUT2D eigenvalue weighted by atomic mass is 9.97. The van der Waals surface area contributed by atoms with Gasteiger partial charge in [0.05, 0.1) is 5.25 Å². The first-order valence-electron chi connectivity index (χ1n) is 9.54. The van der Waals surface area contributed by atoms with Crippen LogP contribution >= 0.6 is 11.8 Å². The summed E-state index contributed by atoms with van der Waals surface area (Å²) >= 11 is 1.49. The molecule has 3 rings (SSSR count). The quantitative estimate of drug-likeness (QED) is 0.676. The molecular formula is C20H28N4OS. The maximum Gasteiger partial charge on any atom is 0.237 e. The van der Waals surface area contributed by atoms with E-state index in [1.54, 1.807) is 0 Å². The van der Waals surface area contributed by atoms with E-state index in [2.05, 4.69) is 46.9 Å². The van der Waals surface area contributed by atoms with Gasteiger partial charge in [-0.2, -0.15) is 0 Å². The van der Waals surface area contributed by atoms with Gasteiger partial charge in [-0.1, -0.05) is 43.8 Å². The number of carbonyl (C=O) groups is 1. The largest absolute Gasteiger partial charge is 0.325 e. The van der Waals surface area contributed by atoms with Gasteiger partial charge >= 0.3 is 0 Å². The summed E-state index contributed by atoms with van der Waals surface area (Å²) in [6.45, 7) is 9.22. The van der Waals surface area contributed by atoms with Crippen LogP contribution in [0.15, 0.2) is 29.4 Å². The number of para-hydroxylation sites is 1. The van der Waals surface area contributed by atoms with Crippen molar-refractivity contribution in [3.05, 3.63) is 35.7 Å². The third-order valence-corrected chi connectivity index (χ3v) is 6.10. The maximum absolute atomic E-state index is 12.7. The highest BCUT2D eigenvalue weighted by Crippen LogP contribution is 2.40. The van der Waals surface area contributed by atoms with Gasteiger partial charge in [0.15, 0.2) is 5.16 Å². The van der Waals surface area contributed by atoms with Crippen LogP contribution in [-0.2, 0) is 11.3 Å². The fourth-order valence-electron chi connectivity index (χ4n) is 3.03. The Labute approximate surface area is 160 Å². The highest BCUT2D eigenvalue weighted by atomic mass is 32.2.